The molecule has 0 radical (unpaired) electrons. The molecule has 3 rings (SSSR count). The smallest absolute Gasteiger partial charge is 0.463 e. The van der Waals surface area contributed by atoms with Gasteiger partial charge in [-0.15, -0.1) is 0 Å². The van der Waals surface area contributed by atoms with Crippen LogP contribution in [-0.4, -0.2) is 159 Å². The van der Waals surface area contributed by atoms with E-state index in [1.54, 1.807) is 0 Å². The van der Waals surface area contributed by atoms with Crippen LogP contribution in [0.1, 0.15) is 166 Å². The fourth-order valence-corrected chi connectivity index (χ4v) is 13.5. The van der Waals surface area contributed by atoms with Gasteiger partial charge < -0.3 is 69.8 Å². The zero-order valence-corrected chi connectivity index (χ0v) is 54.8. The van der Waals surface area contributed by atoms with Crippen molar-refractivity contribution in [1.29, 1.82) is 0 Å². The third-order valence-electron chi connectivity index (χ3n) is 15.8. The minimum Gasteiger partial charge on any atom is -0.463 e. The Morgan fingerprint density at radius 3 is 1.01 bits per heavy atom. The number of hydrogen-bond acceptors (Lipinski definition) is 19. The zero-order chi connectivity index (χ0) is 67.8. The highest BCUT2D eigenvalue weighted by Gasteiger charge is 2.51. The van der Waals surface area contributed by atoms with Gasteiger partial charge in [0.25, 0.3) is 0 Å². The molecule has 0 aromatic carbocycles. The van der Waals surface area contributed by atoms with Crippen molar-refractivity contribution in [3.63, 3.8) is 0 Å². The summed E-state index contributed by atoms with van der Waals surface area (Å²) in [6.45, 7) is 24.4. The Kier molecular flexibility index (Phi) is 29.3. The summed E-state index contributed by atoms with van der Waals surface area (Å²) in [5.41, 5.74) is -10.9. The number of unbranched alkanes of at least 4 members (excludes halogenated alkanes) is 3. The van der Waals surface area contributed by atoms with Gasteiger partial charge in [0.1, 0.15) is 18.6 Å². The Labute approximate surface area is 526 Å². The summed E-state index contributed by atoms with van der Waals surface area (Å²) in [5.74, 6) is -2.86. The van der Waals surface area contributed by atoms with E-state index in [1.807, 2.05) is 48.5 Å². The summed E-state index contributed by atoms with van der Waals surface area (Å²) in [6, 6.07) is -1.19. The number of alkyl carbamates (subject to hydrolysis) is 6. The van der Waals surface area contributed by atoms with E-state index >= 15 is 0 Å². The average Bonchev–Trinajstić information content (AvgIpc) is 0.856. The zero-order valence-electron chi connectivity index (χ0n) is 54.0. The van der Waals surface area contributed by atoms with Crippen molar-refractivity contribution in [2.24, 2.45) is 37.9 Å². The number of rotatable bonds is 32. The quantitative estimate of drug-likeness (QED) is 0.0143. The number of hydrogen-bond donors (Lipinski definition) is 7. The van der Waals surface area contributed by atoms with Crippen molar-refractivity contribution < 1.29 is 103 Å². The van der Waals surface area contributed by atoms with Crippen molar-refractivity contribution in [2.75, 3.05) is 72.5 Å². The average molecular weight is 1310 g/mol. The van der Waals surface area contributed by atoms with Gasteiger partial charge >= 0.3 is 64.0 Å². The number of halogens is 3. The molecule has 7 amide bonds. The lowest BCUT2D eigenvalue weighted by Crippen LogP contribution is -2.53. The van der Waals surface area contributed by atoms with Gasteiger partial charge in [-0.3, -0.25) is 4.79 Å². The molecule has 0 bridgehead atoms. The maximum Gasteiger partial charge on any atom is 0.516 e. The van der Waals surface area contributed by atoms with Gasteiger partial charge in [0.15, 0.2) is 0 Å². The summed E-state index contributed by atoms with van der Waals surface area (Å²) >= 11 is 0. The van der Waals surface area contributed by atoms with Crippen LogP contribution < -0.4 is 36.6 Å². The molecule has 7 unspecified atom stereocenters. The van der Waals surface area contributed by atoms with Gasteiger partial charge in [0, 0.05) is 49.9 Å². The van der Waals surface area contributed by atoms with Crippen LogP contribution in [0.3, 0.4) is 0 Å². The molecule has 514 valence electrons. The molecule has 7 atom stereocenters. The summed E-state index contributed by atoms with van der Waals surface area (Å²) in [5, 5.41) is 16.7. The number of nitrogens with one attached hydrogen (secondary N) is 7. The molecule has 3 fully saturated rings. The highest BCUT2D eigenvalue weighted by Crippen LogP contribution is 2.48. The van der Waals surface area contributed by atoms with Gasteiger partial charge in [0.2, 0.25) is 5.91 Å². The predicted octanol–water partition coefficient (Wildman–Crippen LogP) is 8.87. The number of alkyl halides is 3. The Bertz CT molecular complexity index is 2610. The Morgan fingerprint density at radius 1 is 0.444 bits per heavy atom. The van der Waals surface area contributed by atoms with Crippen molar-refractivity contribution in [3.05, 3.63) is 25.3 Å². The highest BCUT2D eigenvalue weighted by molar-refractivity contribution is 7.90. The van der Waals surface area contributed by atoms with Crippen LogP contribution in [0.5, 0.6) is 0 Å². The van der Waals surface area contributed by atoms with E-state index in [2.05, 4.69) is 58.9 Å². The first-order chi connectivity index (χ1) is 41.6. The normalized spacial score (nSPS) is 24.0. The molecule has 7 N–H and O–H groups in total. The molecular formula is C60H98F3N7O19S. The SMILES string of the molecule is C=CC(=O)OCCCCOC(=O)NCC1(C)CC(NC(=O)OCC(C)(COC(=O)NCC2(C)CC(NC(=O)OCCCCOC(=O)NCC3(C)CC(NC(=O)OCCCCOC(=O)C=C)CC(C)(C)C3)CC(C)(C)C2)C(=O)NS(=O)(=O)C(F)(F)F)CC(C)(C)C1. The lowest BCUT2D eigenvalue weighted by molar-refractivity contribution is -0.138. The monoisotopic (exact) mass is 1310 g/mol. The fourth-order valence-electron chi connectivity index (χ4n) is 12.9. The third kappa shape index (κ3) is 29.0. The second-order valence-electron chi connectivity index (χ2n) is 27.8. The molecule has 0 saturated heterocycles. The summed E-state index contributed by atoms with van der Waals surface area (Å²) in [6.07, 6.45) is 4.90. The van der Waals surface area contributed by atoms with Crippen LogP contribution in [0.4, 0.5) is 41.9 Å². The topological polar surface area (TPSA) is 346 Å². The molecule has 0 heterocycles. The van der Waals surface area contributed by atoms with E-state index in [0.717, 1.165) is 30.2 Å². The van der Waals surface area contributed by atoms with Crippen molar-refractivity contribution in [2.45, 2.75) is 189 Å². The van der Waals surface area contributed by atoms with Crippen LogP contribution in [0.25, 0.3) is 0 Å². The van der Waals surface area contributed by atoms with E-state index < -0.39 is 117 Å². The minimum atomic E-state index is -6.26. The largest absolute Gasteiger partial charge is 0.516 e. The number of amides is 7. The molecule has 3 saturated carbocycles. The first-order valence-corrected chi connectivity index (χ1v) is 31.9. The Hall–Kier alpha value is -6.75. The highest BCUT2D eigenvalue weighted by atomic mass is 32.2. The molecule has 90 heavy (non-hydrogen) atoms. The number of ether oxygens (including phenoxy) is 8. The van der Waals surface area contributed by atoms with Crippen LogP contribution in [0, 0.1) is 37.9 Å². The fraction of sp³-hybridized carbons (Fsp3) is 0.783. The summed E-state index contributed by atoms with van der Waals surface area (Å²) < 4.78 is 107. The second-order valence-corrected chi connectivity index (χ2v) is 29.4. The first-order valence-electron chi connectivity index (χ1n) is 30.4. The number of carbonyl (C=O) groups excluding carboxylic acids is 9. The van der Waals surface area contributed by atoms with E-state index in [-0.39, 0.29) is 75.0 Å². The molecule has 30 heteroatoms. The van der Waals surface area contributed by atoms with Gasteiger partial charge in [-0.1, -0.05) is 75.5 Å². The molecule has 0 aromatic heterocycles. The molecule has 0 aromatic rings. The van der Waals surface area contributed by atoms with Gasteiger partial charge in [-0.2, -0.15) is 21.6 Å². The van der Waals surface area contributed by atoms with Crippen molar-refractivity contribution >= 4 is 64.4 Å². The van der Waals surface area contributed by atoms with E-state index in [0.29, 0.717) is 96.4 Å². The molecule has 3 aliphatic carbocycles. The van der Waals surface area contributed by atoms with E-state index in [4.69, 9.17) is 37.9 Å². The molecule has 3 aliphatic rings. The van der Waals surface area contributed by atoms with Crippen molar-refractivity contribution in [3.8, 4) is 0 Å². The summed E-state index contributed by atoms with van der Waals surface area (Å²) in [4.78, 5) is 113. The third-order valence-corrected chi connectivity index (χ3v) is 16.8. The molecule has 0 aliphatic heterocycles. The van der Waals surface area contributed by atoms with Gasteiger partial charge in [-0.05, 0) is 136 Å². The molecule has 26 nitrogen and oxygen atoms in total. The maximum atomic E-state index is 13.5. The number of sulfonamides is 1. The molecule has 0 spiro atoms. The van der Waals surface area contributed by atoms with Crippen molar-refractivity contribution in [1.82, 2.24) is 36.6 Å². The number of carbonyl (C=O) groups is 9. The van der Waals surface area contributed by atoms with Crippen LogP contribution in [0.2, 0.25) is 0 Å². The van der Waals surface area contributed by atoms with Gasteiger partial charge in [0.05, 0.1) is 39.6 Å². The van der Waals surface area contributed by atoms with Crippen LogP contribution >= 0.6 is 0 Å². The lowest BCUT2D eigenvalue weighted by Gasteiger charge is -2.46. The van der Waals surface area contributed by atoms with E-state index in [9.17, 15) is 64.7 Å². The number of esters is 2. The van der Waals surface area contributed by atoms with Gasteiger partial charge in [-0.25, -0.2) is 43.1 Å². The standard InChI is InChI=1S/C60H98F3N7O19S/c1-13-44(71)82-21-15-17-23-84-47(74)65-37-57(10)32-43(29-55(7,8)34-57)69-52(79)89-40-59(12,46(73)70-90(80,81)60(61,62)63)39-88-49(76)66-38-58(11)31-42(28-54(5,6)35-58)68-51(78)87-26-20-19-24-85-48(75)64-36-56(9)30-41(27-53(3,4)33-56)67-50(77)86-25-18-16-22-83-45(72)14-2/h13-14,41-43H,1-2,15-40H2,3-12H3,(H,64,75)(H,65,74)(H,66,76)(H,67,77)(H,68,78)(H,69,79)(H,70,73). The Balaban J connectivity index is 1.47. The van der Waals surface area contributed by atoms with Crippen LogP contribution in [0.15, 0.2) is 25.3 Å². The predicted molar refractivity (Wildman–Crippen MR) is 321 cm³/mol. The maximum absolute atomic E-state index is 13.5. The Morgan fingerprint density at radius 2 is 0.711 bits per heavy atom. The van der Waals surface area contributed by atoms with Crippen LogP contribution in [-0.2, 0) is 62.3 Å². The molecular weight excluding hydrogens is 1210 g/mol. The summed E-state index contributed by atoms with van der Waals surface area (Å²) in [7, 11) is -6.26. The lowest BCUT2D eigenvalue weighted by atomic mass is 9.62. The minimum absolute atomic E-state index is 0.0159. The second kappa shape index (κ2) is 34.1. The van der Waals surface area contributed by atoms with E-state index in [1.165, 1.54) is 0 Å². The first kappa shape index (κ1) is 77.5.